The Bertz CT molecular complexity index is 1250. The maximum absolute atomic E-state index is 14.1. The van der Waals surface area contributed by atoms with Crippen LogP contribution in [0.25, 0.3) is 11.0 Å². The number of carboxylic acids is 1. The van der Waals surface area contributed by atoms with Gasteiger partial charge in [0.25, 0.3) is 5.56 Å². The summed E-state index contributed by atoms with van der Waals surface area (Å²) in [6, 6.07) is 8.29. The van der Waals surface area contributed by atoms with E-state index in [0.717, 1.165) is 35.7 Å². The molecule has 0 amide bonds. The molecule has 2 unspecified atom stereocenters. The van der Waals surface area contributed by atoms with Gasteiger partial charge in [-0.25, -0.2) is 9.78 Å². The van der Waals surface area contributed by atoms with Crippen LogP contribution in [-0.2, 0) is 4.79 Å². The van der Waals surface area contributed by atoms with E-state index >= 15 is 0 Å². The van der Waals surface area contributed by atoms with Crippen LogP contribution in [0.2, 0.25) is 0 Å². The lowest BCUT2D eigenvalue weighted by Gasteiger charge is -2.54. The highest BCUT2D eigenvalue weighted by Gasteiger charge is 2.47. The maximum atomic E-state index is 14.1. The highest BCUT2D eigenvalue weighted by atomic mass is 16.4. The van der Waals surface area contributed by atoms with E-state index in [1.54, 1.807) is 4.90 Å². The number of anilines is 1. The van der Waals surface area contributed by atoms with Crippen LogP contribution < -0.4 is 16.2 Å². The molecule has 2 aromatic rings. The van der Waals surface area contributed by atoms with Gasteiger partial charge in [0, 0.05) is 30.7 Å². The van der Waals surface area contributed by atoms with Crippen molar-refractivity contribution in [2.45, 2.75) is 113 Å². The van der Waals surface area contributed by atoms with Gasteiger partial charge in [0.15, 0.2) is 5.82 Å². The van der Waals surface area contributed by atoms with Gasteiger partial charge in [-0.2, -0.15) is 0 Å². The largest absolute Gasteiger partial charge is 0.480 e. The van der Waals surface area contributed by atoms with Gasteiger partial charge in [-0.3, -0.25) is 9.69 Å². The standard InChI is InChI=1S/C30H41N5O3/c31-24-17-33(27(24)30(37)38)28-29(36)35(26-11-4-3-10-25(26)32-28)23-15-20-8-5-9-21(16-23)34(20)22-13-18-6-1-2-7-19(12-18)14-22/h3-4,10-11,18-24,27H,1-2,5-9,12-17,31H2,(H,37,38)/t18-,19?,20+,21+,22?,24+,27-/m0/s1. The monoisotopic (exact) mass is 519 g/mol. The minimum Gasteiger partial charge on any atom is -0.480 e. The first kappa shape index (κ1) is 24.6. The fourth-order valence-corrected chi connectivity index (χ4v) is 9.07. The fraction of sp³-hybridized carbons (Fsp3) is 0.700. The lowest BCUT2D eigenvalue weighted by molar-refractivity contribution is -0.140. The molecule has 4 heterocycles. The topological polar surface area (TPSA) is 105 Å². The minimum atomic E-state index is -0.999. The highest BCUT2D eigenvalue weighted by Crippen LogP contribution is 2.47. The second-order valence-corrected chi connectivity index (χ2v) is 12.9. The molecule has 1 aromatic carbocycles. The molecule has 5 aliphatic rings. The van der Waals surface area contributed by atoms with Crippen LogP contribution in [0.1, 0.15) is 83.1 Å². The number of rotatable bonds is 4. The molecular formula is C30H41N5O3. The summed E-state index contributed by atoms with van der Waals surface area (Å²) in [7, 11) is 0. The number of aliphatic carboxylic acids is 1. The van der Waals surface area contributed by atoms with E-state index in [2.05, 4.69) is 9.88 Å². The molecule has 8 heteroatoms. The zero-order valence-electron chi connectivity index (χ0n) is 22.3. The molecular weight excluding hydrogens is 478 g/mol. The van der Waals surface area contributed by atoms with Crippen molar-refractivity contribution in [1.29, 1.82) is 0 Å². The zero-order valence-corrected chi connectivity index (χ0v) is 22.3. The van der Waals surface area contributed by atoms with Crippen molar-refractivity contribution in [2.24, 2.45) is 17.6 Å². The molecule has 0 radical (unpaired) electrons. The van der Waals surface area contributed by atoms with Crippen LogP contribution in [0.4, 0.5) is 5.82 Å². The zero-order chi connectivity index (χ0) is 26.0. The maximum Gasteiger partial charge on any atom is 0.328 e. The fourth-order valence-electron chi connectivity index (χ4n) is 9.07. The van der Waals surface area contributed by atoms with Crippen LogP contribution in [0.15, 0.2) is 29.1 Å². The Kier molecular flexibility index (Phi) is 6.23. The second kappa shape index (κ2) is 9.63. The van der Waals surface area contributed by atoms with Crippen LogP contribution in [0.3, 0.4) is 0 Å². The lowest BCUT2D eigenvalue weighted by Crippen LogP contribution is -2.69. The van der Waals surface area contributed by atoms with Gasteiger partial charge in [-0.15, -0.1) is 0 Å². The normalized spacial score (nSPS) is 37.4. The van der Waals surface area contributed by atoms with Gasteiger partial charge < -0.3 is 20.3 Å². The minimum absolute atomic E-state index is 0.102. The summed E-state index contributed by atoms with van der Waals surface area (Å²) in [5, 5.41) is 9.73. The Hall–Kier alpha value is -2.45. The number of carbonyl (C=O) groups is 1. The molecule has 4 bridgehead atoms. The first-order valence-electron chi connectivity index (χ1n) is 15.0. The van der Waals surface area contributed by atoms with Gasteiger partial charge >= 0.3 is 5.97 Å². The number of nitrogens with two attached hydrogens (primary N) is 1. The molecule has 3 saturated heterocycles. The van der Waals surface area contributed by atoms with Crippen molar-refractivity contribution in [3.63, 3.8) is 0 Å². The molecule has 2 saturated carbocycles. The number of carboxylic acid groups (broad SMARTS) is 1. The average molecular weight is 520 g/mol. The van der Waals surface area contributed by atoms with E-state index in [-0.39, 0.29) is 17.4 Å². The first-order chi connectivity index (χ1) is 18.5. The summed E-state index contributed by atoms with van der Waals surface area (Å²) in [6.07, 6.45) is 15.5. The number of nitrogens with zero attached hydrogens (tertiary/aromatic N) is 4. The third kappa shape index (κ3) is 4.06. The number of hydrogen-bond donors (Lipinski definition) is 2. The van der Waals surface area contributed by atoms with Crippen LogP contribution in [0.5, 0.6) is 0 Å². The molecule has 5 fully saturated rings. The molecule has 0 spiro atoms. The third-order valence-corrected chi connectivity index (χ3v) is 10.6. The number of fused-ring (bicyclic) bond motifs is 5. The predicted molar refractivity (Wildman–Crippen MR) is 147 cm³/mol. The van der Waals surface area contributed by atoms with Gasteiger partial charge in [-0.05, 0) is 68.9 Å². The molecule has 7 atom stereocenters. The van der Waals surface area contributed by atoms with E-state index in [4.69, 9.17) is 5.73 Å². The number of benzene rings is 1. The highest BCUT2D eigenvalue weighted by molar-refractivity contribution is 5.83. The SMILES string of the molecule is N[C@@H]1CN(c2nc3ccccc3n(C3C[C@H]4CCC[C@H](C3)N4C3CC4CCCC[C@@H](C4)C3)c2=O)[C@@H]1C(=O)O. The van der Waals surface area contributed by atoms with Crippen molar-refractivity contribution in [1.82, 2.24) is 14.5 Å². The summed E-state index contributed by atoms with van der Waals surface area (Å²) in [6.45, 7) is 0.339. The molecule has 3 N–H and O–H groups in total. The number of para-hydroxylation sites is 2. The van der Waals surface area contributed by atoms with Gasteiger partial charge in [0.2, 0.25) is 0 Å². The van der Waals surface area contributed by atoms with E-state index in [1.165, 1.54) is 64.2 Å². The lowest BCUT2D eigenvalue weighted by atomic mass is 9.73. The molecule has 1 aromatic heterocycles. The van der Waals surface area contributed by atoms with Crippen LogP contribution >= 0.6 is 0 Å². The number of hydrogen-bond acceptors (Lipinski definition) is 6. The Morgan fingerprint density at radius 2 is 1.55 bits per heavy atom. The van der Waals surface area contributed by atoms with Crippen molar-refractivity contribution in [3.8, 4) is 0 Å². The predicted octanol–water partition coefficient (Wildman–Crippen LogP) is 3.91. The molecule has 3 aliphatic heterocycles. The Morgan fingerprint density at radius 1 is 0.868 bits per heavy atom. The van der Waals surface area contributed by atoms with E-state index < -0.39 is 18.1 Å². The molecule has 2 aliphatic carbocycles. The van der Waals surface area contributed by atoms with Crippen molar-refractivity contribution in [3.05, 3.63) is 34.6 Å². The summed E-state index contributed by atoms with van der Waals surface area (Å²) in [5.41, 5.74) is 7.46. The Balaban J connectivity index is 1.22. The van der Waals surface area contributed by atoms with Crippen molar-refractivity contribution < 1.29 is 9.90 Å². The average Bonchev–Trinajstić information content (AvgIpc) is 3.05. The van der Waals surface area contributed by atoms with Gasteiger partial charge in [0.05, 0.1) is 17.1 Å². The van der Waals surface area contributed by atoms with Crippen LogP contribution in [-0.4, -0.2) is 62.3 Å². The van der Waals surface area contributed by atoms with Gasteiger partial charge in [0.1, 0.15) is 6.04 Å². The van der Waals surface area contributed by atoms with Gasteiger partial charge in [-0.1, -0.05) is 44.2 Å². The smallest absolute Gasteiger partial charge is 0.328 e. The summed E-state index contributed by atoms with van der Waals surface area (Å²) >= 11 is 0. The third-order valence-electron chi connectivity index (χ3n) is 10.6. The molecule has 7 rings (SSSR count). The molecule has 38 heavy (non-hydrogen) atoms. The van der Waals surface area contributed by atoms with Crippen molar-refractivity contribution in [2.75, 3.05) is 11.4 Å². The quantitative estimate of drug-likeness (QED) is 0.631. The summed E-state index contributed by atoms with van der Waals surface area (Å²) in [5.74, 6) is 1.04. The van der Waals surface area contributed by atoms with E-state index in [1.807, 2.05) is 28.8 Å². The number of piperidine rings is 2. The Morgan fingerprint density at radius 3 is 2.21 bits per heavy atom. The van der Waals surface area contributed by atoms with Crippen LogP contribution in [0, 0.1) is 11.8 Å². The second-order valence-electron chi connectivity index (χ2n) is 12.9. The summed E-state index contributed by atoms with van der Waals surface area (Å²) in [4.78, 5) is 35.2. The summed E-state index contributed by atoms with van der Waals surface area (Å²) < 4.78 is 1.98. The molecule has 204 valence electrons. The Labute approximate surface area is 224 Å². The number of aromatic nitrogens is 2. The van der Waals surface area contributed by atoms with E-state index in [9.17, 15) is 14.7 Å². The van der Waals surface area contributed by atoms with E-state index in [0.29, 0.717) is 24.7 Å². The first-order valence-corrected chi connectivity index (χ1v) is 15.0. The van der Waals surface area contributed by atoms with Crippen molar-refractivity contribution >= 4 is 22.8 Å². The molecule has 8 nitrogen and oxygen atoms in total.